The summed E-state index contributed by atoms with van der Waals surface area (Å²) in [6, 6.07) is 15.0. The van der Waals surface area contributed by atoms with Crippen LogP contribution < -0.4 is 10.6 Å². The van der Waals surface area contributed by atoms with Gasteiger partial charge in [0.05, 0.1) is 5.92 Å². The Hall–Kier alpha value is -3.35. The van der Waals surface area contributed by atoms with E-state index in [1.165, 1.54) is 0 Å². The summed E-state index contributed by atoms with van der Waals surface area (Å²) in [5, 5.41) is 15.1. The highest BCUT2D eigenvalue weighted by molar-refractivity contribution is 5.86. The maximum atomic E-state index is 12.9. The summed E-state index contributed by atoms with van der Waals surface area (Å²) >= 11 is 0. The number of benzene rings is 2. The predicted molar refractivity (Wildman–Crippen MR) is 133 cm³/mol. The molecular weight excluding hydrogens is 444 g/mol. The normalized spacial score (nSPS) is 19.8. The third kappa shape index (κ3) is 5.66. The van der Waals surface area contributed by atoms with Gasteiger partial charge in [-0.2, -0.15) is 0 Å². The first kappa shape index (κ1) is 24.8. The summed E-state index contributed by atoms with van der Waals surface area (Å²) in [7, 11) is 0. The van der Waals surface area contributed by atoms with Crippen LogP contribution in [0.25, 0.3) is 11.1 Å². The van der Waals surface area contributed by atoms with E-state index in [1.54, 1.807) is 0 Å². The Bertz CT molecular complexity index is 1020. The highest BCUT2D eigenvalue weighted by atomic mass is 16.5. The van der Waals surface area contributed by atoms with Crippen molar-refractivity contribution in [2.45, 2.75) is 69.9 Å². The Morgan fingerprint density at radius 3 is 2.26 bits per heavy atom. The molecule has 186 valence electrons. The highest BCUT2D eigenvalue weighted by Gasteiger charge is 2.35. The van der Waals surface area contributed by atoms with Crippen LogP contribution in [0.5, 0.6) is 0 Å². The molecule has 3 unspecified atom stereocenters. The number of amides is 2. The quantitative estimate of drug-likeness (QED) is 0.478. The molecule has 0 saturated heterocycles. The van der Waals surface area contributed by atoms with Crippen molar-refractivity contribution in [3.63, 3.8) is 0 Å². The van der Waals surface area contributed by atoms with Crippen LogP contribution in [0.2, 0.25) is 0 Å². The molecule has 1 fully saturated rings. The molecule has 0 aromatic heterocycles. The van der Waals surface area contributed by atoms with Gasteiger partial charge >= 0.3 is 12.1 Å². The number of hydrogen-bond acceptors (Lipinski definition) is 4. The second-order valence-electron chi connectivity index (χ2n) is 9.51. The van der Waals surface area contributed by atoms with Crippen LogP contribution in [0.1, 0.15) is 68.9 Å². The predicted octanol–water partition coefficient (Wildman–Crippen LogP) is 4.84. The van der Waals surface area contributed by atoms with E-state index < -0.39 is 24.0 Å². The molecule has 0 bridgehead atoms. The van der Waals surface area contributed by atoms with Gasteiger partial charge in [0.25, 0.3) is 0 Å². The number of carbonyl (C=O) groups excluding carboxylic acids is 2. The number of rotatable bonds is 9. The summed E-state index contributed by atoms with van der Waals surface area (Å²) in [5.74, 6) is -1.83. The van der Waals surface area contributed by atoms with Crippen LogP contribution in [0.3, 0.4) is 0 Å². The molecule has 2 aromatic carbocycles. The van der Waals surface area contributed by atoms with Gasteiger partial charge in [0.2, 0.25) is 5.91 Å². The SMILES string of the molecule is CCCCC(NC(=O)C1CCCCC1NC(=O)OCC1c2ccccc2-c2ccccc21)C(=O)O. The van der Waals surface area contributed by atoms with Crippen molar-refractivity contribution in [2.75, 3.05) is 6.61 Å². The maximum absolute atomic E-state index is 12.9. The number of carboxylic acid groups (broad SMARTS) is 1. The van der Waals surface area contributed by atoms with E-state index >= 15 is 0 Å². The number of hydrogen-bond donors (Lipinski definition) is 3. The number of nitrogens with one attached hydrogen (secondary N) is 2. The van der Waals surface area contributed by atoms with Crippen molar-refractivity contribution in [3.8, 4) is 11.1 Å². The molecule has 4 rings (SSSR count). The summed E-state index contributed by atoms with van der Waals surface area (Å²) in [6.45, 7) is 2.19. The minimum atomic E-state index is -1.02. The minimum absolute atomic E-state index is 0.0338. The molecule has 0 radical (unpaired) electrons. The number of unbranched alkanes of at least 4 members (excludes halogenated alkanes) is 1. The van der Waals surface area contributed by atoms with Crippen LogP contribution in [0.15, 0.2) is 48.5 Å². The highest BCUT2D eigenvalue weighted by Crippen LogP contribution is 2.44. The Morgan fingerprint density at radius 1 is 1.00 bits per heavy atom. The largest absolute Gasteiger partial charge is 0.480 e. The molecule has 2 aliphatic carbocycles. The lowest BCUT2D eigenvalue weighted by Gasteiger charge is -2.32. The average Bonchev–Trinajstić information content (AvgIpc) is 3.19. The molecule has 7 heteroatoms. The van der Waals surface area contributed by atoms with Crippen LogP contribution in [0.4, 0.5) is 4.79 Å². The zero-order valence-electron chi connectivity index (χ0n) is 20.2. The zero-order valence-corrected chi connectivity index (χ0v) is 20.2. The van der Waals surface area contributed by atoms with Crippen LogP contribution >= 0.6 is 0 Å². The van der Waals surface area contributed by atoms with Crippen molar-refractivity contribution < 1.29 is 24.2 Å². The Kier molecular flexibility index (Phi) is 8.06. The summed E-state index contributed by atoms with van der Waals surface area (Å²) in [6.07, 6.45) is 4.48. The van der Waals surface area contributed by atoms with Crippen LogP contribution in [0, 0.1) is 5.92 Å². The van der Waals surface area contributed by atoms with Gasteiger partial charge in [0.1, 0.15) is 12.6 Å². The lowest BCUT2D eigenvalue weighted by Crippen LogP contribution is -2.51. The van der Waals surface area contributed by atoms with Crippen LogP contribution in [-0.4, -0.2) is 41.8 Å². The monoisotopic (exact) mass is 478 g/mol. The molecule has 7 nitrogen and oxygen atoms in total. The number of ether oxygens (including phenoxy) is 1. The van der Waals surface area contributed by atoms with Crippen molar-refractivity contribution >= 4 is 18.0 Å². The second kappa shape index (κ2) is 11.4. The first-order valence-electron chi connectivity index (χ1n) is 12.6. The van der Waals surface area contributed by atoms with Gasteiger partial charge in [0, 0.05) is 12.0 Å². The number of alkyl carbamates (subject to hydrolysis) is 1. The molecule has 0 aliphatic heterocycles. The fourth-order valence-electron chi connectivity index (χ4n) is 5.35. The number of aliphatic carboxylic acids is 1. The molecule has 2 aliphatic rings. The summed E-state index contributed by atoms with van der Waals surface area (Å²) in [4.78, 5) is 37.3. The van der Waals surface area contributed by atoms with Crippen LogP contribution in [-0.2, 0) is 14.3 Å². The van der Waals surface area contributed by atoms with E-state index in [1.807, 2.05) is 31.2 Å². The van der Waals surface area contributed by atoms with E-state index in [4.69, 9.17) is 4.74 Å². The fourth-order valence-corrected chi connectivity index (χ4v) is 5.35. The molecule has 1 saturated carbocycles. The Labute approximate surface area is 206 Å². The molecule has 3 N–H and O–H groups in total. The van der Waals surface area contributed by atoms with Gasteiger partial charge < -0.3 is 20.5 Å². The first-order valence-corrected chi connectivity index (χ1v) is 12.6. The van der Waals surface area contributed by atoms with Gasteiger partial charge in [-0.25, -0.2) is 9.59 Å². The lowest BCUT2D eigenvalue weighted by atomic mass is 9.83. The Balaban J connectivity index is 1.37. The number of carbonyl (C=O) groups is 3. The number of fused-ring (bicyclic) bond motifs is 3. The maximum Gasteiger partial charge on any atom is 0.407 e. The molecule has 2 amide bonds. The van der Waals surface area contributed by atoms with Gasteiger partial charge in [-0.3, -0.25) is 4.79 Å². The van der Waals surface area contributed by atoms with Gasteiger partial charge in [-0.05, 0) is 41.5 Å². The topological polar surface area (TPSA) is 105 Å². The van der Waals surface area contributed by atoms with E-state index in [0.29, 0.717) is 19.3 Å². The van der Waals surface area contributed by atoms with E-state index in [2.05, 4.69) is 34.9 Å². The zero-order chi connectivity index (χ0) is 24.8. The Morgan fingerprint density at radius 2 is 1.63 bits per heavy atom. The molecular formula is C28H34N2O5. The van der Waals surface area contributed by atoms with Gasteiger partial charge in [0.15, 0.2) is 0 Å². The second-order valence-corrected chi connectivity index (χ2v) is 9.51. The third-order valence-electron chi connectivity index (χ3n) is 7.21. The smallest absolute Gasteiger partial charge is 0.407 e. The lowest BCUT2D eigenvalue weighted by molar-refractivity contribution is -0.143. The molecule has 2 aromatic rings. The number of carboxylic acids is 1. The fraction of sp³-hybridized carbons (Fsp3) is 0.464. The third-order valence-corrected chi connectivity index (χ3v) is 7.21. The van der Waals surface area contributed by atoms with Crippen molar-refractivity contribution in [1.82, 2.24) is 10.6 Å². The van der Waals surface area contributed by atoms with E-state index in [9.17, 15) is 19.5 Å². The van der Waals surface area contributed by atoms with E-state index in [0.717, 1.165) is 47.9 Å². The summed E-state index contributed by atoms with van der Waals surface area (Å²) in [5.41, 5.74) is 4.61. The molecule has 3 atom stereocenters. The molecule has 0 heterocycles. The average molecular weight is 479 g/mol. The van der Waals surface area contributed by atoms with Gasteiger partial charge in [-0.1, -0.05) is 81.1 Å². The van der Waals surface area contributed by atoms with Crippen molar-refractivity contribution in [1.29, 1.82) is 0 Å². The minimum Gasteiger partial charge on any atom is -0.480 e. The van der Waals surface area contributed by atoms with E-state index in [-0.39, 0.29) is 24.5 Å². The van der Waals surface area contributed by atoms with Crippen molar-refractivity contribution in [3.05, 3.63) is 59.7 Å². The standard InChI is InChI=1S/C28H34N2O5/c1-2-3-15-25(27(32)33)29-26(31)22-14-8-9-16-24(22)30-28(34)35-17-23-20-12-6-4-10-18(20)19-11-5-7-13-21(19)23/h4-7,10-13,22-25H,2-3,8-9,14-17H2,1H3,(H,29,31)(H,30,34)(H,32,33). The molecule has 0 spiro atoms. The van der Waals surface area contributed by atoms with Gasteiger partial charge in [-0.15, -0.1) is 0 Å². The van der Waals surface area contributed by atoms with Crippen molar-refractivity contribution in [2.24, 2.45) is 5.92 Å². The summed E-state index contributed by atoms with van der Waals surface area (Å²) < 4.78 is 5.67. The molecule has 35 heavy (non-hydrogen) atoms. The first-order chi connectivity index (χ1) is 17.0.